The van der Waals surface area contributed by atoms with Crippen molar-refractivity contribution in [3.63, 3.8) is 0 Å². The Hall–Kier alpha value is -0.630. The normalized spacial score (nSPS) is 11.8. The summed E-state index contributed by atoms with van der Waals surface area (Å²) in [5.41, 5.74) is 0. The van der Waals surface area contributed by atoms with Gasteiger partial charge >= 0.3 is 0 Å². The zero-order valence-electron chi connectivity index (χ0n) is 6.38. The van der Waals surface area contributed by atoms with Gasteiger partial charge in [-0.15, -0.1) is 17.7 Å². The molecule has 0 N–H and O–H groups in total. The average molecular weight is 208 g/mol. The van der Waals surface area contributed by atoms with Gasteiger partial charge in [-0.25, -0.2) is 13.1 Å². The molecule has 1 heterocycles. The van der Waals surface area contributed by atoms with Crippen LogP contribution in [0.1, 0.15) is 0 Å². The Kier molecular flexibility index (Phi) is 2.68. The van der Waals surface area contributed by atoms with Crippen LogP contribution >= 0.6 is 12.6 Å². The van der Waals surface area contributed by atoms with E-state index in [9.17, 15) is 8.42 Å². The summed E-state index contributed by atoms with van der Waals surface area (Å²) >= 11 is 3.91. The van der Waals surface area contributed by atoms with Crippen LogP contribution < -0.4 is 0 Å². The fraction of sp³-hybridized carbons (Fsp3) is 0.750. The van der Waals surface area contributed by atoms with Gasteiger partial charge in [-0.1, -0.05) is 0 Å². The maximum atomic E-state index is 10.7. The average Bonchev–Trinajstić information content (AvgIpc) is 2.29. The number of rotatable bonds is 3. The fourth-order valence-electron chi connectivity index (χ4n) is 0.597. The molecule has 0 spiro atoms. The van der Waals surface area contributed by atoms with Crippen LogP contribution in [0.15, 0.2) is 5.16 Å². The molecule has 0 aliphatic rings. The van der Waals surface area contributed by atoms with Crippen LogP contribution in [0.25, 0.3) is 0 Å². The van der Waals surface area contributed by atoms with Crippen LogP contribution in [-0.2, 0) is 16.4 Å². The van der Waals surface area contributed by atoms with Crippen LogP contribution in [0.4, 0.5) is 0 Å². The van der Waals surface area contributed by atoms with Gasteiger partial charge in [0.2, 0.25) is 5.16 Å². The first kappa shape index (κ1) is 9.46. The van der Waals surface area contributed by atoms with E-state index in [1.165, 1.54) is 4.68 Å². The summed E-state index contributed by atoms with van der Waals surface area (Å²) in [4.78, 5) is 0. The van der Waals surface area contributed by atoms with E-state index in [1.54, 1.807) is 0 Å². The van der Waals surface area contributed by atoms with E-state index in [0.29, 0.717) is 5.16 Å². The predicted molar refractivity (Wildman–Crippen MR) is 44.8 cm³/mol. The van der Waals surface area contributed by atoms with Crippen molar-refractivity contribution in [3.8, 4) is 0 Å². The van der Waals surface area contributed by atoms with Crippen LogP contribution in [-0.4, -0.2) is 40.6 Å². The minimum atomic E-state index is -2.97. The van der Waals surface area contributed by atoms with Crippen molar-refractivity contribution < 1.29 is 8.42 Å². The first-order valence-corrected chi connectivity index (χ1v) is 5.63. The Morgan fingerprint density at radius 1 is 1.58 bits per heavy atom. The lowest BCUT2D eigenvalue weighted by Crippen LogP contribution is -2.12. The Labute approximate surface area is 75.3 Å². The second-order valence-electron chi connectivity index (χ2n) is 2.33. The van der Waals surface area contributed by atoms with Crippen molar-refractivity contribution in [1.29, 1.82) is 0 Å². The lowest BCUT2D eigenvalue weighted by molar-refractivity contribution is 0.560. The monoisotopic (exact) mass is 208 g/mol. The lowest BCUT2D eigenvalue weighted by Gasteiger charge is -1.98. The molecule has 0 fully saturated rings. The second kappa shape index (κ2) is 3.40. The number of hydrogen-bond donors (Lipinski definition) is 1. The van der Waals surface area contributed by atoms with Gasteiger partial charge in [0.1, 0.15) is 9.84 Å². The molecule has 0 bridgehead atoms. The van der Waals surface area contributed by atoms with Crippen LogP contribution in [0, 0.1) is 0 Å². The Morgan fingerprint density at radius 2 is 2.25 bits per heavy atom. The fourth-order valence-corrected chi connectivity index (χ4v) is 1.28. The van der Waals surface area contributed by atoms with E-state index in [-0.39, 0.29) is 12.3 Å². The Balaban J connectivity index is 2.61. The summed E-state index contributed by atoms with van der Waals surface area (Å²) < 4.78 is 22.8. The van der Waals surface area contributed by atoms with Crippen LogP contribution in [0.5, 0.6) is 0 Å². The standard InChI is InChI=1S/C4H8N4O2S2/c1-12(9,10)3-2-8-4(11)5-6-7-8/h2-3H2,1H3,(H,5,7,11). The van der Waals surface area contributed by atoms with Crippen molar-refractivity contribution in [2.24, 2.45) is 0 Å². The highest BCUT2D eigenvalue weighted by molar-refractivity contribution is 7.90. The minimum absolute atomic E-state index is 0.0194. The molecule has 0 aromatic carbocycles. The van der Waals surface area contributed by atoms with Crippen molar-refractivity contribution >= 4 is 22.5 Å². The maximum Gasteiger partial charge on any atom is 0.206 e. The molecule has 0 saturated carbocycles. The zero-order chi connectivity index (χ0) is 9.19. The molecule has 0 amide bonds. The quantitative estimate of drug-likeness (QED) is 0.645. The predicted octanol–water partition coefficient (Wildman–Crippen LogP) is -0.994. The molecule has 1 rings (SSSR count). The van der Waals surface area contributed by atoms with E-state index >= 15 is 0 Å². The molecule has 0 radical (unpaired) electrons. The van der Waals surface area contributed by atoms with Gasteiger partial charge in [0.15, 0.2) is 0 Å². The van der Waals surface area contributed by atoms with Gasteiger partial charge in [-0.05, 0) is 10.4 Å². The van der Waals surface area contributed by atoms with Gasteiger partial charge in [0, 0.05) is 6.26 Å². The molecular formula is C4H8N4O2S2. The summed E-state index contributed by atoms with van der Waals surface area (Å²) in [6.07, 6.45) is 1.16. The van der Waals surface area contributed by atoms with Crippen LogP contribution in [0.3, 0.4) is 0 Å². The third kappa shape index (κ3) is 2.78. The number of aromatic nitrogens is 4. The molecule has 6 nitrogen and oxygen atoms in total. The SMILES string of the molecule is CS(=O)(=O)CCn1nnnc1S. The van der Waals surface area contributed by atoms with Gasteiger partial charge in [0.05, 0.1) is 12.3 Å². The maximum absolute atomic E-state index is 10.7. The summed E-state index contributed by atoms with van der Waals surface area (Å²) in [6.45, 7) is 0.241. The first-order valence-electron chi connectivity index (χ1n) is 3.12. The van der Waals surface area contributed by atoms with E-state index in [1.807, 2.05) is 0 Å². The summed E-state index contributed by atoms with van der Waals surface area (Å²) in [6, 6.07) is 0. The van der Waals surface area contributed by atoms with Crippen molar-refractivity contribution in [2.75, 3.05) is 12.0 Å². The van der Waals surface area contributed by atoms with Crippen molar-refractivity contribution in [3.05, 3.63) is 0 Å². The molecule has 0 aliphatic carbocycles. The molecule has 12 heavy (non-hydrogen) atoms. The smallest absolute Gasteiger partial charge is 0.206 e. The summed E-state index contributed by atoms with van der Waals surface area (Å²) in [5, 5.41) is 10.7. The largest absolute Gasteiger partial charge is 0.229 e. The number of aryl methyl sites for hydroxylation is 1. The number of hydrogen-bond acceptors (Lipinski definition) is 6. The molecule has 0 aliphatic heterocycles. The van der Waals surface area contributed by atoms with E-state index in [2.05, 4.69) is 28.2 Å². The number of thiol groups is 1. The van der Waals surface area contributed by atoms with E-state index < -0.39 is 9.84 Å². The molecule has 8 heteroatoms. The first-order chi connectivity index (χ1) is 5.49. The highest BCUT2D eigenvalue weighted by Gasteiger charge is 2.05. The molecule has 68 valence electrons. The minimum Gasteiger partial charge on any atom is -0.229 e. The summed E-state index contributed by atoms with van der Waals surface area (Å²) in [5.74, 6) is 0.0194. The highest BCUT2D eigenvalue weighted by Crippen LogP contribution is 1.97. The second-order valence-corrected chi connectivity index (χ2v) is 4.99. The van der Waals surface area contributed by atoms with Crippen molar-refractivity contribution in [1.82, 2.24) is 20.2 Å². The summed E-state index contributed by atoms with van der Waals surface area (Å²) in [7, 11) is -2.97. The zero-order valence-corrected chi connectivity index (χ0v) is 8.09. The molecule has 0 saturated heterocycles. The Morgan fingerprint density at radius 3 is 2.67 bits per heavy atom. The molecular weight excluding hydrogens is 200 g/mol. The topological polar surface area (TPSA) is 77.7 Å². The van der Waals surface area contributed by atoms with Crippen molar-refractivity contribution in [2.45, 2.75) is 11.7 Å². The third-order valence-electron chi connectivity index (χ3n) is 1.19. The van der Waals surface area contributed by atoms with Gasteiger partial charge in [0.25, 0.3) is 0 Å². The van der Waals surface area contributed by atoms with E-state index in [0.717, 1.165) is 6.26 Å². The van der Waals surface area contributed by atoms with Gasteiger partial charge in [-0.3, -0.25) is 0 Å². The van der Waals surface area contributed by atoms with Gasteiger partial charge in [-0.2, -0.15) is 0 Å². The number of tetrazole rings is 1. The molecule has 0 atom stereocenters. The molecule has 1 aromatic heterocycles. The number of nitrogens with zero attached hydrogens (tertiary/aromatic N) is 4. The Bertz CT molecular complexity index is 357. The van der Waals surface area contributed by atoms with E-state index in [4.69, 9.17) is 0 Å². The van der Waals surface area contributed by atoms with Crippen LogP contribution in [0.2, 0.25) is 0 Å². The van der Waals surface area contributed by atoms with Gasteiger partial charge < -0.3 is 0 Å². The highest BCUT2D eigenvalue weighted by atomic mass is 32.2. The molecule has 0 unspecified atom stereocenters. The molecule has 1 aromatic rings. The lowest BCUT2D eigenvalue weighted by atomic mass is 10.8. The number of sulfone groups is 1. The third-order valence-corrected chi connectivity index (χ3v) is 2.43.